The Balaban J connectivity index is 1.35. The molecule has 0 radical (unpaired) electrons. The molecule has 5 rings (SSSR count). The molecule has 0 aliphatic carbocycles. The molecular formula is C31H31F3N6O3. The Morgan fingerprint density at radius 2 is 1.93 bits per heavy atom. The number of likely N-dealkylation sites (tertiary alicyclic amines) is 1. The average Bonchev–Trinajstić information content (AvgIpc) is 3.40. The summed E-state index contributed by atoms with van der Waals surface area (Å²) in [4.78, 5) is 35.4. The van der Waals surface area contributed by atoms with E-state index < -0.39 is 17.5 Å². The standard InChI is InChI=1S/C31H31F3N6O3/c1-3-26(42)39-15-5-6-22(17-39)40-30-27(29(35)36-18-37-30)28(38-40)20-10-7-19(8-11-20)9-13-24(41)21-12-14-25(43-4-2)23(16-21)31(32,33)34/h3,7-8,10-12,14,16,18,22H,1,4-6,9,13,15,17H2,2H3,(H2,35,36,37). The zero-order valence-electron chi connectivity index (χ0n) is 23.6. The van der Waals surface area contributed by atoms with Gasteiger partial charge >= 0.3 is 6.18 Å². The fraction of sp³-hybridized carbons (Fsp3) is 0.323. The molecule has 1 amide bonds. The summed E-state index contributed by atoms with van der Waals surface area (Å²) in [5.41, 5.74) is 8.04. The molecule has 1 atom stereocenters. The van der Waals surface area contributed by atoms with Crippen molar-refractivity contribution in [2.75, 3.05) is 25.4 Å². The summed E-state index contributed by atoms with van der Waals surface area (Å²) in [5.74, 6) is -0.546. The monoisotopic (exact) mass is 592 g/mol. The van der Waals surface area contributed by atoms with E-state index in [-0.39, 0.29) is 42.1 Å². The third-order valence-electron chi connectivity index (χ3n) is 7.52. The number of ether oxygens (including phenoxy) is 1. The molecule has 2 aromatic carbocycles. The van der Waals surface area contributed by atoms with Gasteiger partial charge in [0.25, 0.3) is 0 Å². The number of halogens is 3. The van der Waals surface area contributed by atoms with Crippen LogP contribution < -0.4 is 10.5 Å². The molecule has 1 aliphatic rings. The van der Waals surface area contributed by atoms with Gasteiger partial charge in [0, 0.05) is 30.6 Å². The molecule has 2 N–H and O–H groups in total. The van der Waals surface area contributed by atoms with E-state index in [2.05, 4.69) is 16.5 Å². The number of hydrogen-bond acceptors (Lipinski definition) is 7. The highest BCUT2D eigenvalue weighted by atomic mass is 19.4. The van der Waals surface area contributed by atoms with Gasteiger partial charge in [-0.05, 0) is 56.0 Å². The number of Topliss-reactive ketones (excluding diaryl/α,β-unsaturated/α-hetero) is 1. The van der Waals surface area contributed by atoms with Crippen LogP contribution in [0.2, 0.25) is 0 Å². The Hall–Kier alpha value is -4.74. The van der Waals surface area contributed by atoms with Crippen molar-refractivity contribution < 1.29 is 27.5 Å². The van der Waals surface area contributed by atoms with Crippen LogP contribution in [0.1, 0.15) is 53.7 Å². The van der Waals surface area contributed by atoms with E-state index in [1.807, 2.05) is 28.9 Å². The number of aromatic nitrogens is 4. The maximum atomic E-state index is 13.5. The number of nitrogens with zero attached hydrogens (tertiary/aromatic N) is 5. The maximum Gasteiger partial charge on any atom is 0.419 e. The number of carbonyl (C=O) groups excluding carboxylic acids is 2. The van der Waals surface area contributed by atoms with Gasteiger partial charge < -0.3 is 15.4 Å². The van der Waals surface area contributed by atoms with Crippen LogP contribution >= 0.6 is 0 Å². The SMILES string of the molecule is C=CC(=O)N1CCCC(n2nc(-c3ccc(CCC(=O)c4ccc(OCC)c(C(F)(F)F)c4)cc3)c3c(N)ncnc32)C1. The smallest absolute Gasteiger partial charge is 0.419 e. The van der Waals surface area contributed by atoms with Gasteiger partial charge in [-0.3, -0.25) is 9.59 Å². The lowest BCUT2D eigenvalue weighted by molar-refractivity contribution is -0.139. The number of carbonyl (C=O) groups is 2. The molecule has 1 saturated heterocycles. The van der Waals surface area contributed by atoms with Gasteiger partial charge in [-0.25, -0.2) is 14.6 Å². The molecule has 0 bridgehead atoms. The number of piperidine rings is 1. The van der Waals surface area contributed by atoms with Crippen molar-refractivity contribution in [3.63, 3.8) is 0 Å². The second-order valence-electron chi connectivity index (χ2n) is 10.3. The van der Waals surface area contributed by atoms with E-state index in [1.54, 1.807) is 11.8 Å². The number of fused-ring (bicyclic) bond motifs is 1. The number of aryl methyl sites for hydroxylation is 1. The summed E-state index contributed by atoms with van der Waals surface area (Å²) < 4.78 is 47.4. The predicted octanol–water partition coefficient (Wildman–Crippen LogP) is 5.66. The summed E-state index contributed by atoms with van der Waals surface area (Å²) in [7, 11) is 0. The molecule has 12 heteroatoms. The van der Waals surface area contributed by atoms with E-state index in [0.717, 1.165) is 30.0 Å². The topological polar surface area (TPSA) is 116 Å². The summed E-state index contributed by atoms with van der Waals surface area (Å²) in [6, 6.07) is 10.7. The minimum absolute atomic E-state index is 0.0176. The van der Waals surface area contributed by atoms with E-state index in [1.165, 1.54) is 24.5 Å². The number of rotatable bonds is 9. The van der Waals surface area contributed by atoms with Crippen molar-refractivity contribution in [3.8, 4) is 17.0 Å². The zero-order valence-corrected chi connectivity index (χ0v) is 23.6. The summed E-state index contributed by atoms with van der Waals surface area (Å²) in [6.07, 6.45) is 0.0466. The molecule has 3 heterocycles. The molecule has 43 heavy (non-hydrogen) atoms. The van der Waals surface area contributed by atoms with E-state index >= 15 is 0 Å². The van der Waals surface area contributed by atoms with E-state index in [9.17, 15) is 22.8 Å². The molecule has 4 aromatic rings. The Bertz CT molecular complexity index is 1670. The van der Waals surface area contributed by atoms with Crippen molar-refractivity contribution in [1.82, 2.24) is 24.6 Å². The number of ketones is 1. The number of nitrogens with two attached hydrogens (primary N) is 1. The van der Waals surface area contributed by atoms with Crippen molar-refractivity contribution in [1.29, 1.82) is 0 Å². The minimum atomic E-state index is -4.64. The summed E-state index contributed by atoms with van der Waals surface area (Å²) in [5, 5.41) is 5.47. The van der Waals surface area contributed by atoms with Crippen molar-refractivity contribution in [2.24, 2.45) is 0 Å². The zero-order chi connectivity index (χ0) is 30.7. The Morgan fingerprint density at radius 1 is 1.16 bits per heavy atom. The van der Waals surface area contributed by atoms with Crippen LogP contribution in [0.25, 0.3) is 22.3 Å². The quantitative estimate of drug-likeness (QED) is 0.197. The lowest BCUT2D eigenvalue weighted by atomic mass is 9.99. The van der Waals surface area contributed by atoms with Crippen molar-refractivity contribution >= 4 is 28.5 Å². The molecule has 9 nitrogen and oxygen atoms in total. The fourth-order valence-electron chi connectivity index (χ4n) is 5.37. The number of hydrogen-bond donors (Lipinski definition) is 1. The number of amides is 1. The van der Waals surface area contributed by atoms with Gasteiger partial charge in [0.15, 0.2) is 11.4 Å². The van der Waals surface area contributed by atoms with Crippen LogP contribution in [0, 0.1) is 0 Å². The van der Waals surface area contributed by atoms with Crippen molar-refractivity contribution in [2.45, 2.75) is 44.8 Å². The first-order valence-electron chi connectivity index (χ1n) is 14.0. The van der Waals surface area contributed by atoms with E-state index in [4.69, 9.17) is 15.6 Å². The van der Waals surface area contributed by atoms with Gasteiger partial charge in [-0.2, -0.15) is 18.3 Å². The highest BCUT2D eigenvalue weighted by Gasteiger charge is 2.35. The number of anilines is 1. The lowest BCUT2D eigenvalue weighted by Crippen LogP contribution is -2.40. The number of alkyl halides is 3. The van der Waals surface area contributed by atoms with Crippen LogP contribution in [-0.4, -0.2) is 56.0 Å². The second-order valence-corrected chi connectivity index (χ2v) is 10.3. The predicted molar refractivity (Wildman–Crippen MR) is 155 cm³/mol. The van der Waals surface area contributed by atoms with Gasteiger partial charge in [0.05, 0.1) is 23.6 Å². The lowest BCUT2D eigenvalue weighted by Gasteiger charge is -2.32. The average molecular weight is 593 g/mol. The fourth-order valence-corrected chi connectivity index (χ4v) is 5.37. The Kier molecular flexibility index (Phi) is 8.47. The third-order valence-corrected chi connectivity index (χ3v) is 7.52. The highest BCUT2D eigenvalue weighted by molar-refractivity contribution is 5.98. The molecule has 2 aromatic heterocycles. The van der Waals surface area contributed by atoms with Gasteiger partial charge in [-0.15, -0.1) is 0 Å². The van der Waals surface area contributed by atoms with Crippen LogP contribution in [0.15, 0.2) is 61.4 Å². The number of nitrogen functional groups attached to an aromatic ring is 1. The second kappa shape index (κ2) is 12.2. The number of benzene rings is 2. The van der Waals surface area contributed by atoms with Crippen LogP contribution in [0.5, 0.6) is 5.75 Å². The molecule has 0 spiro atoms. The summed E-state index contributed by atoms with van der Waals surface area (Å²) in [6.45, 7) is 6.39. The first-order valence-corrected chi connectivity index (χ1v) is 14.0. The van der Waals surface area contributed by atoms with Crippen LogP contribution in [0.3, 0.4) is 0 Å². The minimum Gasteiger partial charge on any atom is -0.493 e. The Morgan fingerprint density at radius 3 is 2.63 bits per heavy atom. The van der Waals surface area contributed by atoms with Gasteiger partial charge in [0.2, 0.25) is 5.91 Å². The molecule has 0 saturated carbocycles. The first kappa shape index (κ1) is 29.7. The van der Waals surface area contributed by atoms with Gasteiger partial charge in [0.1, 0.15) is 23.6 Å². The molecule has 1 unspecified atom stereocenters. The summed E-state index contributed by atoms with van der Waals surface area (Å²) >= 11 is 0. The maximum absolute atomic E-state index is 13.5. The normalized spacial score (nSPS) is 15.4. The van der Waals surface area contributed by atoms with E-state index in [0.29, 0.717) is 36.2 Å². The third kappa shape index (κ3) is 6.23. The van der Waals surface area contributed by atoms with Gasteiger partial charge in [-0.1, -0.05) is 30.8 Å². The first-order chi connectivity index (χ1) is 20.6. The van der Waals surface area contributed by atoms with Crippen LogP contribution in [0.4, 0.5) is 19.0 Å². The molecule has 224 valence electrons. The highest BCUT2D eigenvalue weighted by Crippen LogP contribution is 2.37. The molecule has 1 fully saturated rings. The molecular weight excluding hydrogens is 561 g/mol. The molecule has 1 aliphatic heterocycles. The largest absolute Gasteiger partial charge is 0.493 e. The van der Waals surface area contributed by atoms with Crippen molar-refractivity contribution in [3.05, 3.63) is 78.1 Å². The van der Waals surface area contributed by atoms with Crippen LogP contribution in [-0.2, 0) is 17.4 Å². The Labute approximate surface area is 246 Å².